The molecule has 1 aliphatic heterocycles. The van der Waals surface area contributed by atoms with E-state index >= 15 is 0 Å². The molecule has 1 fully saturated rings. The van der Waals surface area contributed by atoms with Crippen molar-refractivity contribution in [2.75, 3.05) is 13.7 Å². The molecule has 0 aliphatic carbocycles. The number of carbonyl (C=O) groups is 2. The maximum Gasteiger partial charge on any atom is 0.311 e. The number of methoxy groups -OCH3 is 1. The number of hydrogen-bond donors (Lipinski definition) is 0. The van der Waals surface area contributed by atoms with Gasteiger partial charge in [0.25, 0.3) is 0 Å². The number of esters is 2. The average molecular weight is 258 g/mol. The third kappa shape index (κ3) is 3.02. The molecule has 104 valence electrons. The van der Waals surface area contributed by atoms with Crippen LogP contribution < -0.4 is 0 Å². The van der Waals surface area contributed by atoms with Crippen LogP contribution in [0, 0.1) is 5.41 Å². The summed E-state index contributed by atoms with van der Waals surface area (Å²) >= 11 is 0. The molecule has 0 radical (unpaired) electrons. The lowest BCUT2D eigenvalue weighted by atomic mass is 9.90. The van der Waals surface area contributed by atoms with E-state index in [1.807, 2.05) is 20.8 Å². The normalized spacial score (nSPS) is 28.1. The van der Waals surface area contributed by atoms with Gasteiger partial charge in [-0.2, -0.15) is 0 Å². The largest absolute Gasteiger partial charge is 0.457 e. The lowest BCUT2D eigenvalue weighted by Crippen LogP contribution is -2.44. The van der Waals surface area contributed by atoms with Gasteiger partial charge in [0.2, 0.25) is 0 Å². The highest BCUT2D eigenvalue weighted by Gasteiger charge is 2.49. The van der Waals surface area contributed by atoms with Gasteiger partial charge in [-0.1, -0.05) is 6.92 Å². The molecule has 1 saturated heterocycles. The van der Waals surface area contributed by atoms with Gasteiger partial charge in [-0.3, -0.25) is 9.59 Å². The molecule has 0 bridgehead atoms. The van der Waals surface area contributed by atoms with Crippen molar-refractivity contribution in [3.63, 3.8) is 0 Å². The summed E-state index contributed by atoms with van der Waals surface area (Å²) < 4.78 is 15.7. The molecule has 5 nitrogen and oxygen atoms in total. The Labute approximate surface area is 108 Å². The highest BCUT2D eigenvalue weighted by atomic mass is 16.6. The van der Waals surface area contributed by atoms with Crippen LogP contribution in [0.3, 0.4) is 0 Å². The van der Waals surface area contributed by atoms with Crippen molar-refractivity contribution in [3.8, 4) is 0 Å². The lowest BCUT2D eigenvalue weighted by Gasteiger charge is -2.30. The molecule has 5 heteroatoms. The lowest BCUT2D eigenvalue weighted by molar-refractivity contribution is -0.175. The fraction of sp³-hybridized carbons (Fsp3) is 0.846. The van der Waals surface area contributed by atoms with E-state index in [1.54, 1.807) is 6.92 Å². The van der Waals surface area contributed by atoms with E-state index in [4.69, 9.17) is 14.2 Å². The van der Waals surface area contributed by atoms with Gasteiger partial charge < -0.3 is 14.2 Å². The Morgan fingerprint density at radius 3 is 2.67 bits per heavy atom. The smallest absolute Gasteiger partial charge is 0.311 e. The maximum absolute atomic E-state index is 12.0. The Balaban J connectivity index is 2.76. The van der Waals surface area contributed by atoms with Crippen LogP contribution in [0.1, 0.15) is 40.5 Å². The van der Waals surface area contributed by atoms with Gasteiger partial charge in [0.05, 0.1) is 18.4 Å². The first-order valence-electron chi connectivity index (χ1n) is 6.17. The summed E-state index contributed by atoms with van der Waals surface area (Å²) in [6.07, 6.45) is 0.183. The van der Waals surface area contributed by atoms with Crippen LogP contribution in [0.15, 0.2) is 0 Å². The van der Waals surface area contributed by atoms with Crippen molar-refractivity contribution in [2.45, 2.75) is 52.2 Å². The standard InChI is InChI=1S/C13H22O5/c1-6-12(2,3)11(15)17-9-7-10(14)18-13(9,4)8-16-5/h9H,6-8H2,1-5H3. The van der Waals surface area contributed by atoms with Crippen molar-refractivity contribution in [1.82, 2.24) is 0 Å². The van der Waals surface area contributed by atoms with Crippen molar-refractivity contribution in [3.05, 3.63) is 0 Å². The van der Waals surface area contributed by atoms with Crippen molar-refractivity contribution in [2.24, 2.45) is 5.41 Å². The number of ether oxygens (including phenoxy) is 3. The minimum Gasteiger partial charge on any atom is -0.457 e. The van der Waals surface area contributed by atoms with E-state index in [-0.39, 0.29) is 25.0 Å². The van der Waals surface area contributed by atoms with Gasteiger partial charge in [0.1, 0.15) is 0 Å². The molecule has 1 aliphatic rings. The molecule has 1 heterocycles. The SMILES string of the molecule is CCC(C)(C)C(=O)OC1CC(=O)OC1(C)COC. The highest BCUT2D eigenvalue weighted by Crippen LogP contribution is 2.32. The minimum absolute atomic E-state index is 0.0887. The van der Waals surface area contributed by atoms with Crippen molar-refractivity contribution >= 4 is 11.9 Å². The Hall–Kier alpha value is -1.10. The maximum atomic E-state index is 12.0. The van der Waals surface area contributed by atoms with Crippen LogP contribution >= 0.6 is 0 Å². The molecular weight excluding hydrogens is 236 g/mol. The van der Waals surface area contributed by atoms with Gasteiger partial charge >= 0.3 is 11.9 Å². The van der Waals surface area contributed by atoms with Crippen molar-refractivity contribution < 1.29 is 23.8 Å². The number of rotatable bonds is 5. The summed E-state index contributed by atoms with van der Waals surface area (Å²) in [6.45, 7) is 7.49. The van der Waals surface area contributed by atoms with Crippen molar-refractivity contribution in [1.29, 1.82) is 0 Å². The van der Waals surface area contributed by atoms with E-state index in [2.05, 4.69) is 0 Å². The van der Waals surface area contributed by atoms with Crippen LogP contribution in [0.25, 0.3) is 0 Å². The van der Waals surface area contributed by atoms with Gasteiger partial charge in [0, 0.05) is 7.11 Å². The Morgan fingerprint density at radius 1 is 1.56 bits per heavy atom. The number of cyclic esters (lactones) is 1. The van der Waals surface area contributed by atoms with Crippen LogP contribution in [0.4, 0.5) is 0 Å². The molecule has 0 aromatic carbocycles. The van der Waals surface area contributed by atoms with Crippen LogP contribution in [-0.2, 0) is 23.8 Å². The molecule has 18 heavy (non-hydrogen) atoms. The quantitative estimate of drug-likeness (QED) is 0.702. The predicted molar refractivity (Wildman–Crippen MR) is 64.9 cm³/mol. The fourth-order valence-corrected chi connectivity index (χ4v) is 1.74. The van der Waals surface area contributed by atoms with Gasteiger partial charge in [-0.25, -0.2) is 0 Å². The third-order valence-corrected chi connectivity index (χ3v) is 3.50. The Morgan fingerprint density at radius 2 is 2.17 bits per heavy atom. The van der Waals surface area contributed by atoms with Gasteiger partial charge in [-0.15, -0.1) is 0 Å². The zero-order valence-corrected chi connectivity index (χ0v) is 11.7. The first-order chi connectivity index (χ1) is 8.25. The van der Waals surface area contributed by atoms with E-state index < -0.39 is 17.1 Å². The second-order valence-corrected chi connectivity index (χ2v) is 5.56. The van der Waals surface area contributed by atoms with E-state index in [9.17, 15) is 9.59 Å². The second-order valence-electron chi connectivity index (χ2n) is 5.56. The summed E-state index contributed by atoms with van der Waals surface area (Å²) in [7, 11) is 1.52. The number of carbonyl (C=O) groups excluding carboxylic acids is 2. The van der Waals surface area contributed by atoms with Crippen LogP contribution in [-0.4, -0.2) is 37.4 Å². The molecule has 0 amide bonds. The fourth-order valence-electron chi connectivity index (χ4n) is 1.74. The summed E-state index contributed by atoms with van der Waals surface area (Å²) in [6, 6.07) is 0. The number of hydrogen-bond acceptors (Lipinski definition) is 5. The predicted octanol–water partition coefficient (Wildman–Crippen LogP) is 1.69. The Bertz CT molecular complexity index is 336. The van der Waals surface area contributed by atoms with Gasteiger partial charge in [0.15, 0.2) is 11.7 Å². The van der Waals surface area contributed by atoms with E-state index in [1.165, 1.54) is 7.11 Å². The first kappa shape index (κ1) is 15.0. The second kappa shape index (κ2) is 5.26. The minimum atomic E-state index is -0.884. The van der Waals surface area contributed by atoms with Crippen LogP contribution in [0.2, 0.25) is 0 Å². The Kier molecular flexibility index (Phi) is 4.37. The molecular formula is C13H22O5. The average Bonchev–Trinajstić information content (AvgIpc) is 2.54. The van der Waals surface area contributed by atoms with E-state index in [0.29, 0.717) is 6.42 Å². The molecule has 0 aromatic rings. The summed E-state index contributed by atoms with van der Waals surface area (Å²) in [5, 5.41) is 0. The molecule has 0 spiro atoms. The zero-order chi connectivity index (χ0) is 14.0. The third-order valence-electron chi connectivity index (χ3n) is 3.50. The molecule has 1 rings (SSSR count). The molecule has 2 atom stereocenters. The topological polar surface area (TPSA) is 61.8 Å². The zero-order valence-electron chi connectivity index (χ0n) is 11.7. The molecule has 2 unspecified atom stereocenters. The molecule has 0 N–H and O–H groups in total. The summed E-state index contributed by atoms with van der Waals surface area (Å²) in [4.78, 5) is 23.4. The van der Waals surface area contributed by atoms with E-state index in [0.717, 1.165) is 0 Å². The first-order valence-corrected chi connectivity index (χ1v) is 6.17. The van der Waals surface area contributed by atoms with Gasteiger partial charge in [-0.05, 0) is 27.2 Å². The van der Waals surface area contributed by atoms with Crippen LogP contribution in [0.5, 0.6) is 0 Å². The summed E-state index contributed by atoms with van der Waals surface area (Å²) in [5.41, 5.74) is -1.44. The highest BCUT2D eigenvalue weighted by molar-refractivity contribution is 5.78. The molecule has 0 aromatic heterocycles. The molecule has 0 saturated carbocycles. The summed E-state index contributed by atoms with van der Waals surface area (Å²) in [5.74, 6) is -0.669. The monoisotopic (exact) mass is 258 g/mol.